The van der Waals surface area contributed by atoms with E-state index < -0.39 is 6.04 Å². The van der Waals surface area contributed by atoms with Crippen molar-refractivity contribution >= 4 is 17.3 Å². The molecule has 19 heavy (non-hydrogen) atoms. The van der Waals surface area contributed by atoms with Gasteiger partial charge in [0.15, 0.2) is 0 Å². The van der Waals surface area contributed by atoms with E-state index in [1.165, 1.54) is 11.3 Å². The van der Waals surface area contributed by atoms with Crippen LogP contribution < -0.4 is 5.73 Å². The first-order chi connectivity index (χ1) is 9.20. The summed E-state index contributed by atoms with van der Waals surface area (Å²) >= 11 is 1.53. The van der Waals surface area contributed by atoms with Gasteiger partial charge in [0.05, 0.1) is 24.8 Å². The van der Waals surface area contributed by atoms with Gasteiger partial charge in [-0.2, -0.15) is 0 Å². The van der Waals surface area contributed by atoms with Gasteiger partial charge in [0.2, 0.25) is 0 Å². The highest BCUT2D eigenvalue weighted by molar-refractivity contribution is 7.13. The Morgan fingerprint density at radius 1 is 1.42 bits per heavy atom. The minimum Gasteiger partial charge on any atom is -0.466 e. The molecule has 5 heteroatoms. The van der Waals surface area contributed by atoms with E-state index in [4.69, 9.17) is 10.5 Å². The molecule has 0 radical (unpaired) electrons. The Morgan fingerprint density at radius 2 is 2.16 bits per heavy atom. The highest BCUT2D eigenvalue weighted by atomic mass is 32.1. The molecular formula is C14H16N2O2S. The molecule has 2 N–H and O–H groups in total. The minimum absolute atomic E-state index is 0.159. The van der Waals surface area contributed by atoms with Crippen molar-refractivity contribution in [1.82, 2.24) is 4.98 Å². The van der Waals surface area contributed by atoms with Gasteiger partial charge < -0.3 is 10.5 Å². The number of nitrogens with zero attached hydrogens (tertiary/aromatic N) is 1. The second kappa shape index (κ2) is 6.45. The van der Waals surface area contributed by atoms with E-state index in [2.05, 4.69) is 4.98 Å². The molecule has 4 nitrogen and oxygen atoms in total. The van der Waals surface area contributed by atoms with Crippen molar-refractivity contribution in [2.24, 2.45) is 5.73 Å². The van der Waals surface area contributed by atoms with Crippen molar-refractivity contribution in [3.8, 4) is 10.6 Å². The molecule has 2 aromatic rings. The van der Waals surface area contributed by atoms with E-state index in [-0.39, 0.29) is 12.4 Å². The maximum atomic E-state index is 11.4. The van der Waals surface area contributed by atoms with E-state index >= 15 is 0 Å². The average Bonchev–Trinajstić information content (AvgIpc) is 2.89. The van der Waals surface area contributed by atoms with Gasteiger partial charge in [-0.25, -0.2) is 4.98 Å². The predicted octanol–water partition coefficient (Wildman–Crippen LogP) is 2.76. The molecule has 100 valence electrons. The number of ether oxygens (including phenoxy) is 1. The topological polar surface area (TPSA) is 65.2 Å². The van der Waals surface area contributed by atoms with Crippen LogP contribution in [0, 0.1) is 0 Å². The first-order valence-corrected chi connectivity index (χ1v) is 7.00. The molecule has 0 aliphatic heterocycles. The zero-order chi connectivity index (χ0) is 13.7. The van der Waals surface area contributed by atoms with E-state index in [1.54, 1.807) is 6.92 Å². The summed E-state index contributed by atoms with van der Waals surface area (Å²) in [6, 6.07) is 9.49. The Kier molecular flexibility index (Phi) is 4.65. The Hall–Kier alpha value is -1.72. The van der Waals surface area contributed by atoms with Gasteiger partial charge in [-0.3, -0.25) is 4.79 Å². The fourth-order valence-electron chi connectivity index (χ4n) is 1.67. The third kappa shape index (κ3) is 3.62. The van der Waals surface area contributed by atoms with Crippen LogP contribution in [-0.4, -0.2) is 17.6 Å². The molecule has 0 aliphatic rings. The molecule has 0 saturated carbocycles. The Balaban J connectivity index is 2.07. The summed E-state index contributed by atoms with van der Waals surface area (Å²) in [5.41, 5.74) is 7.75. The second-order valence-corrected chi connectivity index (χ2v) is 4.92. The van der Waals surface area contributed by atoms with Gasteiger partial charge in [0.25, 0.3) is 0 Å². The van der Waals surface area contributed by atoms with Gasteiger partial charge in [0, 0.05) is 10.9 Å². The molecule has 0 bridgehead atoms. The molecule has 1 aromatic heterocycles. The summed E-state index contributed by atoms with van der Waals surface area (Å²) in [7, 11) is 0. The lowest BCUT2D eigenvalue weighted by Gasteiger charge is -2.07. The van der Waals surface area contributed by atoms with Crippen LogP contribution in [0.25, 0.3) is 10.6 Å². The number of carbonyl (C=O) groups is 1. The number of hydrogen-bond donors (Lipinski definition) is 1. The van der Waals surface area contributed by atoms with E-state index in [1.807, 2.05) is 35.7 Å². The van der Waals surface area contributed by atoms with Gasteiger partial charge in [-0.05, 0) is 6.92 Å². The zero-order valence-electron chi connectivity index (χ0n) is 10.7. The Labute approximate surface area is 116 Å². The van der Waals surface area contributed by atoms with E-state index in [0.717, 1.165) is 16.3 Å². The fraction of sp³-hybridized carbons (Fsp3) is 0.286. The molecular weight excluding hydrogens is 260 g/mol. The molecule has 1 atom stereocenters. The number of esters is 1. The summed E-state index contributed by atoms with van der Waals surface area (Å²) < 4.78 is 4.88. The second-order valence-electron chi connectivity index (χ2n) is 4.06. The Morgan fingerprint density at radius 3 is 2.84 bits per heavy atom. The van der Waals surface area contributed by atoms with Crippen molar-refractivity contribution in [2.75, 3.05) is 6.61 Å². The van der Waals surface area contributed by atoms with Gasteiger partial charge in [-0.1, -0.05) is 30.3 Å². The largest absolute Gasteiger partial charge is 0.466 e. The molecule has 0 fully saturated rings. The lowest BCUT2D eigenvalue weighted by Crippen LogP contribution is -2.17. The van der Waals surface area contributed by atoms with Crippen LogP contribution in [0.4, 0.5) is 0 Å². The van der Waals surface area contributed by atoms with Gasteiger partial charge in [0.1, 0.15) is 5.01 Å². The van der Waals surface area contributed by atoms with Crippen molar-refractivity contribution in [3.63, 3.8) is 0 Å². The van der Waals surface area contributed by atoms with E-state index in [9.17, 15) is 4.79 Å². The van der Waals surface area contributed by atoms with Crippen LogP contribution in [0.5, 0.6) is 0 Å². The normalized spacial score (nSPS) is 12.1. The van der Waals surface area contributed by atoms with Gasteiger partial charge in [-0.15, -0.1) is 11.3 Å². The lowest BCUT2D eigenvalue weighted by molar-refractivity contribution is -0.143. The number of nitrogens with two attached hydrogens (primary N) is 1. The molecule has 1 heterocycles. The van der Waals surface area contributed by atoms with Crippen LogP contribution >= 0.6 is 11.3 Å². The molecule has 1 unspecified atom stereocenters. The summed E-state index contributed by atoms with van der Waals surface area (Å²) in [6.07, 6.45) is 0.159. The quantitative estimate of drug-likeness (QED) is 0.853. The first-order valence-electron chi connectivity index (χ1n) is 6.12. The van der Waals surface area contributed by atoms with Gasteiger partial charge >= 0.3 is 5.97 Å². The van der Waals surface area contributed by atoms with Crippen molar-refractivity contribution in [3.05, 3.63) is 41.4 Å². The highest BCUT2D eigenvalue weighted by Gasteiger charge is 2.16. The SMILES string of the molecule is CCOC(=O)CC(N)c1csc(-c2ccccc2)n1. The fourth-order valence-corrected chi connectivity index (χ4v) is 2.56. The number of thiazole rings is 1. The van der Waals surface area contributed by atoms with E-state index in [0.29, 0.717) is 6.61 Å². The summed E-state index contributed by atoms with van der Waals surface area (Å²) in [4.78, 5) is 15.9. The van der Waals surface area contributed by atoms with Crippen LogP contribution in [0.15, 0.2) is 35.7 Å². The molecule has 0 spiro atoms. The predicted molar refractivity (Wildman–Crippen MR) is 75.7 cm³/mol. The van der Waals surface area contributed by atoms with Crippen LogP contribution in [0.1, 0.15) is 25.1 Å². The standard InChI is InChI=1S/C14H16N2O2S/c1-2-18-13(17)8-11(15)12-9-19-14(16-12)10-6-4-3-5-7-10/h3-7,9,11H,2,8,15H2,1H3. The summed E-state index contributed by atoms with van der Waals surface area (Å²) in [5.74, 6) is -0.288. The number of aromatic nitrogens is 1. The number of hydrogen-bond acceptors (Lipinski definition) is 5. The highest BCUT2D eigenvalue weighted by Crippen LogP contribution is 2.26. The molecule has 0 aliphatic carbocycles. The molecule has 2 rings (SSSR count). The molecule has 1 aromatic carbocycles. The first kappa shape index (κ1) is 13.7. The maximum absolute atomic E-state index is 11.4. The summed E-state index contributed by atoms with van der Waals surface area (Å²) in [5, 5.41) is 2.81. The zero-order valence-corrected chi connectivity index (χ0v) is 11.5. The average molecular weight is 276 g/mol. The number of rotatable bonds is 5. The number of carbonyl (C=O) groups excluding carboxylic acids is 1. The third-order valence-electron chi connectivity index (χ3n) is 2.61. The molecule has 0 amide bonds. The third-order valence-corrected chi connectivity index (χ3v) is 3.52. The molecule has 0 saturated heterocycles. The maximum Gasteiger partial charge on any atom is 0.307 e. The van der Waals surface area contributed by atoms with Crippen molar-refractivity contribution in [1.29, 1.82) is 0 Å². The summed E-state index contributed by atoms with van der Waals surface area (Å²) in [6.45, 7) is 2.15. The van der Waals surface area contributed by atoms with Crippen LogP contribution in [0.3, 0.4) is 0 Å². The lowest BCUT2D eigenvalue weighted by atomic mass is 10.2. The monoisotopic (exact) mass is 276 g/mol. The smallest absolute Gasteiger partial charge is 0.307 e. The minimum atomic E-state index is -0.409. The Bertz CT molecular complexity index is 539. The van der Waals surface area contributed by atoms with Crippen LogP contribution in [0.2, 0.25) is 0 Å². The van der Waals surface area contributed by atoms with Crippen LogP contribution in [-0.2, 0) is 9.53 Å². The number of benzene rings is 1. The van der Waals surface area contributed by atoms with Crippen molar-refractivity contribution in [2.45, 2.75) is 19.4 Å². The van der Waals surface area contributed by atoms with Crippen molar-refractivity contribution < 1.29 is 9.53 Å².